The lowest BCUT2D eigenvalue weighted by Gasteiger charge is -2.21. The molecule has 2 fully saturated rings. The fourth-order valence-corrected chi connectivity index (χ4v) is 1.29. The van der Waals surface area contributed by atoms with Crippen LogP contribution in [0.25, 0.3) is 0 Å². The highest BCUT2D eigenvalue weighted by molar-refractivity contribution is 4.84. The topological polar surface area (TPSA) is 23.3 Å². The number of nitrogens with zero attached hydrogens (tertiary/aromatic N) is 1. The van der Waals surface area contributed by atoms with Gasteiger partial charge < -0.3 is 4.74 Å². The van der Waals surface area contributed by atoms with Gasteiger partial charge in [0.05, 0.1) is 12.7 Å². The van der Waals surface area contributed by atoms with Crippen LogP contribution in [-0.4, -0.2) is 25.8 Å². The van der Waals surface area contributed by atoms with Gasteiger partial charge in [0, 0.05) is 13.1 Å². The van der Waals surface area contributed by atoms with Gasteiger partial charge in [-0.15, -0.1) is 0 Å². The molecule has 1 saturated heterocycles. The third-order valence-electron chi connectivity index (χ3n) is 2.04. The van der Waals surface area contributed by atoms with E-state index in [1.165, 1.54) is 12.8 Å². The molecule has 0 aromatic carbocycles. The summed E-state index contributed by atoms with van der Waals surface area (Å²) < 4.78 is 5.51. The monoisotopic (exact) mass is 126 g/mol. The maximum atomic E-state index is 5.51. The van der Waals surface area contributed by atoms with E-state index in [-0.39, 0.29) is 0 Å². The molecule has 0 aromatic rings. The van der Waals surface area contributed by atoms with Crippen molar-refractivity contribution in [3.8, 4) is 0 Å². The van der Waals surface area contributed by atoms with E-state index >= 15 is 0 Å². The number of hydrogen-bond donors (Lipinski definition) is 0. The number of morpholine rings is 1. The highest BCUT2D eigenvalue weighted by Gasteiger charge is 2.32. The Balaban J connectivity index is 1.80. The largest absolute Gasteiger partial charge is 0.375 e. The molecule has 0 amide bonds. The van der Waals surface area contributed by atoms with Crippen LogP contribution in [0, 0.1) is 5.92 Å². The van der Waals surface area contributed by atoms with Gasteiger partial charge in [0.15, 0.2) is 0 Å². The molecule has 0 spiro atoms. The van der Waals surface area contributed by atoms with E-state index in [0.29, 0.717) is 6.10 Å². The van der Waals surface area contributed by atoms with Gasteiger partial charge >= 0.3 is 0 Å². The third kappa shape index (κ3) is 1.25. The molecule has 0 aromatic heterocycles. The van der Waals surface area contributed by atoms with Gasteiger partial charge in [0.1, 0.15) is 0 Å². The first-order valence-corrected chi connectivity index (χ1v) is 3.71. The van der Waals surface area contributed by atoms with Crippen molar-refractivity contribution in [1.82, 2.24) is 5.32 Å². The highest BCUT2D eigenvalue weighted by atomic mass is 16.5. The lowest BCUT2D eigenvalue weighted by atomic mass is 10.2. The summed E-state index contributed by atoms with van der Waals surface area (Å²) in [7, 11) is 0. The normalized spacial score (nSPS) is 36.7. The first kappa shape index (κ1) is 5.69. The van der Waals surface area contributed by atoms with Gasteiger partial charge in [0.2, 0.25) is 0 Å². The molecular weight excluding hydrogens is 114 g/mol. The zero-order valence-corrected chi connectivity index (χ0v) is 5.55. The molecule has 1 saturated carbocycles. The predicted molar refractivity (Wildman–Crippen MR) is 34.3 cm³/mol. The third-order valence-corrected chi connectivity index (χ3v) is 2.04. The van der Waals surface area contributed by atoms with Crippen molar-refractivity contribution >= 4 is 0 Å². The van der Waals surface area contributed by atoms with Crippen molar-refractivity contribution in [2.45, 2.75) is 18.9 Å². The molecule has 0 bridgehead atoms. The van der Waals surface area contributed by atoms with Crippen LogP contribution in [0.3, 0.4) is 0 Å². The average molecular weight is 126 g/mol. The van der Waals surface area contributed by atoms with Crippen molar-refractivity contribution in [2.24, 2.45) is 5.92 Å². The molecule has 51 valence electrons. The Morgan fingerprint density at radius 1 is 1.33 bits per heavy atom. The Morgan fingerprint density at radius 2 is 2.22 bits per heavy atom. The molecule has 2 heteroatoms. The Labute approximate surface area is 55.6 Å². The van der Waals surface area contributed by atoms with E-state index < -0.39 is 0 Å². The van der Waals surface area contributed by atoms with Crippen LogP contribution in [0.2, 0.25) is 0 Å². The summed E-state index contributed by atoms with van der Waals surface area (Å²) in [5, 5.41) is 4.29. The summed E-state index contributed by atoms with van der Waals surface area (Å²) in [5.41, 5.74) is 0. The fraction of sp³-hybridized carbons (Fsp3) is 1.00. The molecule has 2 nitrogen and oxygen atoms in total. The van der Waals surface area contributed by atoms with E-state index in [9.17, 15) is 0 Å². The summed E-state index contributed by atoms with van der Waals surface area (Å²) in [6.07, 6.45) is 3.25. The second-order valence-corrected chi connectivity index (χ2v) is 2.88. The standard InChI is InChI=1S/C7H12NO/c1-2-6(1)7-5-8-3-4-9-7/h6-7H,1-5H2. The maximum absolute atomic E-state index is 5.51. The van der Waals surface area contributed by atoms with Gasteiger partial charge in [-0.25, -0.2) is 5.32 Å². The smallest absolute Gasteiger partial charge is 0.0744 e. The molecule has 1 radical (unpaired) electrons. The molecule has 2 aliphatic rings. The predicted octanol–water partition coefficient (Wildman–Crippen LogP) is 0.400. The molecule has 1 heterocycles. The summed E-state index contributed by atoms with van der Waals surface area (Å²) in [5.74, 6) is 0.869. The van der Waals surface area contributed by atoms with Crippen molar-refractivity contribution in [3.63, 3.8) is 0 Å². The van der Waals surface area contributed by atoms with E-state index in [4.69, 9.17) is 4.74 Å². The molecular formula is C7H12NO. The maximum Gasteiger partial charge on any atom is 0.0744 e. The number of ether oxygens (including phenoxy) is 1. The van der Waals surface area contributed by atoms with E-state index in [2.05, 4.69) is 5.32 Å². The van der Waals surface area contributed by atoms with E-state index in [1.54, 1.807) is 0 Å². The van der Waals surface area contributed by atoms with Crippen molar-refractivity contribution in [1.29, 1.82) is 0 Å². The van der Waals surface area contributed by atoms with Crippen molar-refractivity contribution in [3.05, 3.63) is 0 Å². The zero-order chi connectivity index (χ0) is 6.10. The molecule has 1 unspecified atom stereocenters. The first-order chi connectivity index (χ1) is 4.47. The van der Waals surface area contributed by atoms with Crippen LogP contribution in [0.4, 0.5) is 0 Å². The Kier molecular flexibility index (Phi) is 1.44. The molecule has 2 rings (SSSR count). The van der Waals surface area contributed by atoms with Crippen LogP contribution in [-0.2, 0) is 4.74 Å². The Bertz CT molecular complexity index is 95.1. The van der Waals surface area contributed by atoms with Gasteiger partial charge in [-0.2, -0.15) is 0 Å². The molecule has 0 N–H and O–H groups in total. The molecule has 9 heavy (non-hydrogen) atoms. The van der Waals surface area contributed by atoms with Crippen LogP contribution in [0.1, 0.15) is 12.8 Å². The lowest BCUT2D eigenvalue weighted by Crippen LogP contribution is -2.35. The first-order valence-electron chi connectivity index (χ1n) is 3.71. The quantitative estimate of drug-likeness (QED) is 0.499. The number of rotatable bonds is 1. The van der Waals surface area contributed by atoms with Crippen LogP contribution < -0.4 is 5.32 Å². The van der Waals surface area contributed by atoms with Crippen molar-refractivity contribution < 1.29 is 4.74 Å². The average Bonchev–Trinajstić information content (AvgIpc) is 2.71. The minimum atomic E-state index is 0.499. The Morgan fingerprint density at radius 3 is 2.78 bits per heavy atom. The minimum absolute atomic E-state index is 0.499. The lowest BCUT2D eigenvalue weighted by molar-refractivity contribution is 0.0134. The summed E-state index contributed by atoms with van der Waals surface area (Å²) in [6.45, 7) is 2.75. The second-order valence-electron chi connectivity index (χ2n) is 2.88. The zero-order valence-electron chi connectivity index (χ0n) is 5.55. The van der Waals surface area contributed by atoms with Gasteiger partial charge in [-0.05, 0) is 18.8 Å². The van der Waals surface area contributed by atoms with E-state index in [0.717, 1.165) is 25.6 Å². The van der Waals surface area contributed by atoms with E-state index in [1.807, 2.05) is 0 Å². The van der Waals surface area contributed by atoms with Crippen LogP contribution in [0.5, 0.6) is 0 Å². The molecule has 1 aliphatic carbocycles. The summed E-state index contributed by atoms with van der Waals surface area (Å²) >= 11 is 0. The SMILES string of the molecule is C1COC(C2CC2)C[N]1. The molecule has 1 atom stereocenters. The molecule has 1 aliphatic heterocycles. The van der Waals surface area contributed by atoms with Crippen molar-refractivity contribution in [2.75, 3.05) is 19.7 Å². The van der Waals surface area contributed by atoms with Gasteiger partial charge in [0.25, 0.3) is 0 Å². The van der Waals surface area contributed by atoms with Gasteiger partial charge in [-0.3, -0.25) is 0 Å². The minimum Gasteiger partial charge on any atom is -0.375 e. The van der Waals surface area contributed by atoms with Gasteiger partial charge in [-0.1, -0.05) is 0 Å². The van der Waals surface area contributed by atoms with Crippen LogP contribution >= 0.6 is 0 Å². The Hall–Kier alpha value is -0.0800. The summed E-state index contributed by atoms with van der Waals surface area (Å²) in [6, 6.07) is 0. The second kappa shape index (κ2) is 2.27. The highest BCUT2D eigenvalue weighted by Crippen LogP contribution is 2.34. The van der Waals surface area contributed by atoms with Crippen LogP contribution in [0.15, 0.2) is 0 Å². The number of hydrogen-bond acceptors (Lipinski definition) is 1. The fourth-order valence-electron chi connectivity index (χ4n) is 1.29. The summed E-state index contributed by atoms with van der Waals surface area (Å²) in [4.78, 5) is 0.